The van der Waals surface area contributed by atoms with Crippen LogP contribution in [0.4, 0.5) is 5.82 Å². The molecular weight excluding hydrogens is 290 g/mol. The van der Waals surface area contributed by atoms with Crippen molar-refractivity contribution in [1.82, 2.24) is 9.55 Å². The fraction of sp³-hybridized carbons (Fsp3) is 0.333. The molecule has 0 spiro atoms. The van der Waals surface area contributed by atoms with Gasteiger partial charge in [0.05, 0.1) is 11.6 Å². The summed E-state index contributed by atoms with van der Waals surface area (Å²) in [7, 11) is 0. The Morgan fingerprint density at radius 2 is 2.10 bits per heavy atom. The second kappa shape index (κ2) is 5.41. The van der Waals surface area contributed by atoms with Crippen molar-refractivity contribution >= 4 is 17.4 Å². The average Bonchev–Trinajstić information content (AvgIpc) is 2.47. The first-order valence-electron chi connectivity index (χ1n) is 6.98. The van der Waals surface area contributed by atoms with Crippen molar-refractivity contribution in [2.24, 2.45) is 0 Å². The van der Waals surface area contributed by atoms with E-state index in [1.807, 2.05) is 24.3 Å². The Kier molecular flexibility index (Phi) is 3.59. The zero-order valence-electron chi connectivity index (χ0n) is 11.6. The maximum atomic E-state index is 12.3. The highest BCUT2D eigenvalue weighted by Gasteiger charge is 2.24. The minimum atomic E-state index is -0.381. The largest absolute Gasteiger partial charge is 0.364 e. The molecular formula is C15H16ClN3O2. The molecule has 1 aliphatic rings. The Labute approximate surface area is 126 Å². The van der Waals surface area contributed by atoms with E-state index in [2.05, 4.69) is 10.3 Å². The van der Waals surface area contributed by atoms with Crippen LogP contribution in [0.2, 0.25) is 5.02 Å². The molecule has 1 aromatic carbocycles. The Bertz CT molecular complexity index is 794. The van der Waals surface area contributed by atoms with Gasteiger partial charge in [-0.2, -0.15) is 0 Å². The van der Waals surface area contributed by atoms with Crippen molar-refractivity contribution < 1.29 is 0 Å². The molecule has 0 bridgehead atoms. The highest BCUT2D eigenvalue weighted by Crippen LogP contribution is 2.32. The van der Waals surface area contributed by atoms with Gasteiger partial charge in [-0.3, -0.25) is 14.3 Å². The number of fused-ring (bicyclic) bond motifs is 1. The third-order valence-electron chi connectivity index (χ3n) is 3.88. The molecule has 0 unspecified atom stereocenters. The molecule has 21 heavy (non-hydrogen) atoms. The second-order valence-electron chi connectivity index (χ2n) is 5.09. The van der Waals surface area contributed by atoms with Crippen molar-refractivity contribution in [2.45, 2.75) is 32.4 Å². The first-order valence-corrected chi connectivity index (χ1v) is 7.36. The van der Waals surface area contributed by atoms with Crippen LogP contribution in [0.25, 0.3) is 0 Å². The number of aromatic amines is 1. The maximum absolute atomic E-state index is 12.3. The van der Waals surface area contributed by atoms with E-state index in [-0.39, 0.29) is 17.3 Å². The number of rotatable bonds is 2. The van der Waals surface area contributed by atoms with E-state index in [0.29, 0.717) is 29.4 Å². The molecule has 1 aliphatic heterocycles. The Morgan fingerprint density at radius 1 is 1.33 bits per heavy atom. The van der Waals surface area contributed by atoms with Crippen LogP contribution in [0.1, 0.15) is 30.5 Å². The molecule has 2 heterocycles. The third kappa shape index (κ3) is 2.38. The number of nitrogens with one attached hydrogen (secondary N) is 2. The number of hydrogen-bond donors (Lipinski definition) is 2. The number of aromatic nitrogens is 2. The predicted molar refractivity (Wildman–Crippen MR) is 83.1 cm³/mol. The van der Waals surface area contributed by atoms with Gasteiger partial charge in [-0.1, -0.05) is 29.8 Å². The summed E-state index contributed by atoms with van der Waals surface area (Å²) in [6, 6.07) is 7.60. The molecule has 3 rings (SSSR count). The molecule has 0 aliphatic carbocycles. The normalized spacial score (nSPS) is 17.1. The molecule has 1 atom stereocenters. The van der Waals surface area contributed by atoms with Crippen molar-refractivity contribution in [1.29, 1.82) is 0 Å². The van der Waals surface area contributed by atoms with Crippen LogP contribution in [0, 0.1) is 0 Å². The van der Waals surface area contributed by atoms with Crippen molar-refractivity contribution in [2.75, 3.05) is 5.32 Å². The molecule has 1 aromatic heterocycles. The van der Waals surface area contributed by atoms with Crippen LogP contribution in [0.5, 0.6) is 0 Å². The quantitative estimate of drug-likeness (QED) is 0.894. The monoisotopic (exact) mass is 305 g/mol. The third-order valence-corrected chi connectivity index (χ3v) is 4.22. The van der Waals surface area contributed by atoms with E-state index in [4.69, 9.17) is 11.6 Å². The van der Waals surface area contributed by atoms with Gasteiger partial charge >= 0.3 is 5.69 Å². The van der Waals surface area contributed by atoms with Gasteiger partial charge in [0.25, 0.3) is 5.56 Å². The molecule has 0 fully saturated rings. The lowest BCUT2D eigenvalue weighted by Crippen LogP contribution is -2.39. The van der Waals surface area contributed by atoms with Crippen LogP contribution < -0.4 is 16.6 Å². The number of benzene rings is 1. The van der Waals surface area contributed by atoms with E-state index in [9.17, 15) is 9.59 Å². The van der Waals surface area contributed by atoms with E-state index < -0.39 is 0 Å². The van der Waals surface area contributed by atoms with Crippen LogP contribution in [0.3, 0.4) is 0 Å². The number of anilines is 1. The summed E-state index contributed by atoms with van der Waals surface area (Å²) in [6.45, 7) is 2.15. The minimum Gasteiger partial charge on any atom is -0.364 e. The standard InChI is InChI=1S/C15H16ClN3O2/c1-2-19-14(20)10-7-8-12(17-13(10)18-15(19)21)9-5-3-4-6-11(9)16/h3-6,12,17H,2,7-8H2,1H3,(H,18,21)/t12-/m1/s1. The first-order chi connectivity index (χ1) is 10.1. The van der Waals surface area contributed by atoms with Crippen LogP contribution in [-0.4, -0.2) is 9.55 Å². The summed E-state index contributed by atoms with van der Waals surface area (Å²) in [6.07, 6.45) is 1.38. The highest BCUT2D eigenvalue weighted by molar-refractivity contribution is 6.31. The lowest BCUT2D eigenvalue weighted by molar-refractivity contribution is 0.610. The molecule has 5 nitrogen and oxygen atoms in total. The molecule has 2 aromatic rings. The Hall–Kier alpha value is -2.01. The predicted octanol–water partition coefficient (Wildman–Crippen LogP) is 2.31. The van der Waals surface area contributed by atoms with Crippen molar-refractivity contribution in [3.8, 4) is 0 Å². The summed E-state index contributed by atoms with van der Waals surface area (Å²) in [5, 5.41) is 3.92. The lowest BCUT2D eigenvalue weighted by atomic mass is 9.96. The number of hydrogen-bond acceptors (Lipinski definition) is 3. The highest BCUT2D eigenvalue weighted by atomic mass is 35.5. The molecule has 0 radical (unpaired) electrons. The van der Waals surface area contributed by atoms with Gasteiger partial charge in [0, 0.05) is 11.6 Å². The molecule has 6 heteroatoms. The molecule has 110 valence electrons. The van der Waals surface area contributed by atoms with Gasteiger partial charge < -0.3 is 5.32 Å². The summed E-state index contributed by atoms with van der Waals surface area (Å²) in [5.74, 6) is 0.519. The summed E-state index contributed by atoms with van der Waals surface area (Å²) in [5.41, 5.74) is 1.03. The van der Waals surface area contributed by atoms with Gasteiger partial charge in [0.15, 0.2) is 0 Å². The minimum absolute atomic E-state index is 0.00118. The van der Waals surface area contributed by atoms with Crippen molar-refractivity contribution in [3.63, 3.8) is 0 Å². The Morgan fingerprint density at radius 3 is 2.81 bits per heavy atom. The first kappa shape index (κ1) is 13.9. The number of halogens is 1. The van der Waals surface area contributed by atoms with Gasteiger partial charge in [-0.05, 0) is 31.4 Å². The summed E-state index contributed by atoms with van der Waals surface area (Å²) < 4.78 is 1.22. The molecule has 0 amide bonds. The van der Waals surface area contributed by atoms with Crippen LogP contribution >= 0.6 is 11.6 Å². The zero-order valence-corrected chi connectivity index (χ0v) is 12.4. The maximum Gasteiger partial charge on any atom is 0.329 e. The molecule has 0 saturated heterocycles. The SMILES string of the molecule is CCn1c(=O)[nH]c2c(c1=O)CC[C@H](c1ccccc1Cl)N2. The zero-order chi connectivity index (χ0) is 15.0. The van der Waals surface area contributed by atoms with Crippen LogP contribution in [-0.2, 0) is 13.0 Å². The van der Waals surface area contributed by atoms with E-state index in [1.165, 1.54) is 4.57 Å². The topological polar surface area (TPSA) is 66.9 Å². The van der Waals surface area contributed by atoms with Crippen molar-refractivity contribution in [3.05, 3.63) is 61.3 Å². The summed E-state index contributed by atoms with van der Waals surface area (Å²) in [4.78, 5) is 26.9. The number of H-pyrrole nitrogens is 1. The van der Waals surface area contributed by atoms with Gasteiger partial charge in [0.1, 0.15) is 5.82 Å². The smallest absolute Gasteiger partial charge is 0.329 e. The Balaban J connectivity index is 2.03. The van der Waals surface area contributed by atoms with Gasteiger partial charge in [0.2, 0.25) is 0 Å². The molecule has 0 saturated carbocycles. The lowest BCUT2D eigenvalue weighted by Gasteiger charge is -2.27. The van der Waals surface area contributed by atoms with E-state index >= 15 is 0 Å². The van der Waals surface area contributed by atoms with Gasteiger partial charge in [-0.25, -0.2) is 4.79 Å². The molecule has 2 N–H and O–H groups in total. The fourth-order valence-corrected chi connectivity index (χ4v) is 3.05. The van der Waals surface area contributed by atoms with Gasteiger partial charge in [-0.15, -0.1) is 0 Å². The fourth-order valence-electron chi connectivity index (χ4n) is 2.78. The summed E-state index contributed by atoms with van der Waals surface area (Å²) >= 11 is 6.22. The van der Waals surface area contributed by atoms with E-state index in [0.717, 1.165) is 12.0 Å². The average molecular weight is 306 g/mol. The second-order valence-corrected chi connectivity index (χ2v) is 5.50. The van der Waals surface area contributed by atoms with Crippen LogP contribution in [0.15, 0.2) is 33.9 Å². The van der Waals surface area contributed by atoms with E-state index in [1.54, 1.807) is 6.92 Å². The number of nitrogens with zero attached hydrogens (tertiary/aromatic N) is 1.